The minimum Gasteiger partial charge on any atom is -0.384 e. The molecular formula is C15H14N4O5S. The molecule has 0 saturated heterocycles. The third kappa shape index (κ3) is 2.87. The summed E-state index contributed by atoms with van der Waals surface area (Å²) in [6.45, 7) is 1.65. The Morgan fingerprint density at radius 1 is 1.12 bits per heavy atom. The maximum atomic E-state index is 12.4. The lowest BCUT2D eigenvalue weighted by Gasteiger charge is -2.14. The van der Waals surface area contributed by atoms with Crippen LogP contribution in [0.5, 0.6) is 0 Å². The van der Waals surface area contributed by atoms with Crippen LogP contribution in [0.2, 0.25) is 0 Å². The number of hydrogen-bond donors (Lipinski definition) is 3. The van der Waals surface area contributed by atoms with Crippen molar-refractivity contribution in [3.05, 3.63) is 51.3 Å². The quantitative estimate of drug-likeness (QED) is 0.656. The number of rotatable bonds is 3. The number of benzene rings is 1. The van der Waals surface area contributed by atoms with Crippen LogP contribution in [0.3, 0.4) is 0 Å². The van der Waals surface area contributed by atoms with Gasteiger partial charge in [-0.3, -0.25) is 29.0 Å². The predicted octanol–water partition coefficient (Wildman–Crippen LogP) is -0.0168. The second-order valence-electron chi connectivity index (χ2n) is 5.65. The summed E-state index contributed by atoms with van der Waals surface area (Å²) in [4.78, 5) is 35.9. The van der Waals surface area contributed by atoms with E-state index in [0.717, 1.165) is 16.9 Å². The molecule has 1 aliphatic rings. The molecule has 0 saturated carbocycles. The summed E-state index contributed by atoms with van der Waals surface area (Å²) in [5.41, 5.74) is 6.50. The fraction of sp³-hybridized carbons (Fsp3) is 0.133. The number of aromatic nitrogens is 1. The summed E-state index contributed by atoms with van der Waals surface area (Å²) < 4.78 is 26.1. The average molecular weight is 362 g/mol. The van der Waals surface area contributed by atoms with E-state index in [1.807, 2.05) is 0 Å². The third-order valence-corrected chi connectivity index (χ3v) is 4.31. The molecule has 0 bridgehead atoms. The third-order valence-electron chi connectivity index (χ3n) is 3.72. The molecule has 2 aromatic rings. The van der Waals surface area contributed by atoms with Gasteiger partial charge in [-0.05, 0) is 30.7 Å². The van der Waals surface area contributed by atoms with Crippen molar-refractivity contribution in [1.82, 2.24) is 9.88 Å². The molecule has 0 radical (unpaired) electrons. The summed E-state index contributed by atoms with van der Waals surface area (Å²) in [6.07, 6.45) is 1.03. The number of sulfonamides is 1. The highest BCUT2D eigenvalue weighted by atomic mass is 32.2. The van der Waals surface area contributed by atoms with Crippen LogP contribution in [0.4, 0.5) is 11.5 Å². The number of pyridine rings is 1. The number of carbonyl (C=O) groups is 2. The van der Waals surface area contributed by atoms with E-state index in [0.29, 0.717) is 16.9 Å². The van der Waals surface area contributed by atoms with Crippen molar-refractivity contribution >= 4 is 33.3 Å². The van der Waals surface area contributed by atoms with Crippen LogP contribution >= 0.6 is 0 Å². The molecule has 130 valence electrons. The fourth-order valence-electron chi connectivity index (χ4n) is 2.65. The number of amides is 2. The number of aryl methyl sites for hydroxylation is 1. The Kier molecular flexibility index (Phi) is 3.64. The molecule has 1 aromatic heterocycles. The van der Waals surface area contributed by atoms with E-state index in [-0.39, 0.29) is 16.9 Å². The molecule has 10 heteroatoms. The maximum Gasteiger partial charge on any atom is 0.262 e. The normalized spacial score (nSPS) is 13.5. The summed E-state index contributed by atoms with van der Waals surface area (Å²) in [7, 11) is -3.45. The van der Waals surface area contributed by atoms with Crippen molar-refractivity contribution in [1.29, 1.82) is 0 Å². The van der Waals surface area contributed by atoms with E-state index < -0.39 is 27.4 Å². The van der Waals surface area contributed by atoms with E-state index in [9.17, 15) is 22.8 Å². The molecule has 9 nitrogen and oxygen atoms in total. The maximum absolute atomic E-state index is 12.4. The van der Waals surface area contributed by atoms with Crippen LogP contribution in [-0.4, -0.2) is 31.1 Å². The Balaban J connectivity index is 2.17. The van der Waals surface area contributed by atoms with E-state index in [1.54, 1.807) is 13.0 Å². The lowest BCUT2D eigenvalue weighted by Crippen LogP contribution is -2.24. The van der Waals surface area contributed by atoms with E-state index >= 15 is 0 Å². The zero-order valence-electron chi connectivity index (χ0n) is 13.3. The Bertz CT molecular complexity index is 1100. The first-order chi connectivity index (χ1) is 11.6. The minimum absolute atomic E-state index is 0.0550. The first kappa shape index (κ1) is 16.7. The zero-order chi connectivity index (χ0) is 18.5. The molecule has 1 aromatic carbocycles. The number of nitrogens with zero attached hydrogens (tertiary/aromatic N) is 1. The van der Waals surface area contributed by atoms with Gasteiger partial charge in [0.05, 0.1) is 28.8 Å². The van der Waals surface area contributed by atoms with Crippen LogP contribution in [-0.2, 0) is 10.0 Å². The SMILES string of the molecule is Cc1cc(-n2c(N)c3c(cc2=O)C(=O)NC3=O)ccc1NS(C)(=O)=O. The van der Waals surface area contributed by atoms with Crippen molar-refractivity contribution in [3.63, 3.8) is 0 Å². The summed E-state index contributed by atoms with van der Waals surface area (Å²) in [6, 6.07) is 5.56. The van der Waals surface area contributed by atoms with Crippen molar-refractivity contribution in [3.8, 4) is 5.69 Å². The molecule has 2 amide bonds. The van der Waals surface area contributed by atoms with Gasteiger partial charge in [0.15, 0.2) is 0 Å². The van der Waals surface area contributed by atoms with Gasteiger partial charge in [0, 0.05) is 6.07 Å². The van der Waals surface area contributed by atoms with Gasteiger partial charge in [0.2, 0.25) is 10.0 Å². The number of nitrogens with one attached hydrogen (secondary N) is 2. The van der Waals surface area contributed by atoms with Gasteiger partial charge in [-0.1, -0.05) is 0 Å². The van der Waals surface area contributed by atoms with Crippen molar-refractivity contribution in [2.24, 2.45) is 0 Å². The molecular weight excluding hydrogens is 348 g/mol. The van der Waals surface area contributed by atoms with Crippen molar-refractivity contribution in [2.75, 3.05) is 16.7 Å². The molecule has 0 aliphatic carbocycles. The molecule has 0 unspecified atom stereocenters. The number of carbonyl (C=O) groups excluding carboxylic acids is 2. The standard InChI is InChI=1S/C15H14N4O5S/c1-7-5-8(3-4-10(7)18-25(2,23)24)19-11(20)6-9-12(13(19)16)15(22)17-14(9)21/h3-6,18H,16H2,1-2H3,(H,17,21,22). The number of hydrogen-bond acceptors (Lipinski definition) is 6. The molecule has 3 rings (SSSR count). The molecule has 4 N–H and O–H groups in total. The van der Waals surface area contributed by atoms with Crippen LogP contribution in [0.1, 0.15) is 26.3 Å². The van der Waals surface area contributed by atoms with Crippen LogP contribution in [0.15, 0.2) is 29.1 Å². The zero-order valence-corrected chi connectivity index (χ0v) is 14.1. The Morgan fingerprint density at radius 2 is 1.80 bits per heavy atom. The first-order valence-corrected chi connectivity index (χ1v) is 8.97. The van der Waals surface area contributed by atoms with E-state index in [1.165, 1.54) is 12.1 Å². The van der Waals surface area contributed by atoms with Gasteiger partial charge in [0.25, 0.3) is 17.4 Å². The summed E-state index contributed by atoms with van der Waals surface area (Å²) in [5, 5.41) is 2.09. The molecule has 0 fully saturated rings. The second-order valence-corrected chi connectivity index (χ2v) is 7.40. The largest absolute Gasteiger partial charge is 0.384 e. The topological polar surface area (TPSA) is 140 Å². The second kappa shape index (κ2) is 5.45. The predicted molar refractivity (Wildman–Crippen MR) is 91.5 cm³/mol. The van der Waals surface area contributed by atoms with Crippen LogP contribution in [0, 0.1) is 6.92 Å². The average Bonchev–Trinajstić information content (AvgIpc) is 2.75. The monoisotopic (exact) mass is 362 g/mol. The Hall–Kier alpha value is -3.14. The van der Waals surface area contributed by atoms with Crippen LogP contribution < -0.4 is 21.3 Å². The molecule has 25 heavy (non-hydrogen) atoms. The van der Waals surface area contributed by atoms with Gasteiger partial charge in [-0.2, -0.15) is 0 Å². The highest BCUT2D eigenvalue weighted by Gasteiger charge is 2.31. The smallest absolute Gasteiger partial charge is 0.262 e. The van der Waals surface area contributed by atoms with Gasteiger partial charge >= 0.3 is 0 Å². The highest BCUT2D eigenvalue weighted by molar-refractivity contribution is 7.92. The van der Waals surface area contributed by atoms with E-state index in [4.69, 9.17) is 5.73 Å². The van der Waals surface area contributed by atoms with Crippen molar-refractivity contribution in [2.45, 2.75) is 6.92 Å². The molecule has 0 spiro atoms. The Labute approximate surface area is 142 Å². The first-order valence-electron chi connectivity index (χ1n) is 7.08. The lowest BCUT2D eigenvalue weighted by molar-refractivity contribution is 0.0880. The molecule has 0 atom stereocenters. The van der Waals surface area contributed by atoms with Gasteiger partial charge < -0.3 is 5.73 Å². The number of nitrogen functional groups attached to an aromatic ring is 1. The summed E-state index contributed by atoms with van der Waals surface area (Å²) in [5.74, 6) is -1.49. The molecule has 1 aliphatic heterocycles. The number of imide groups is 1. The van der Waals surface area contributed by atoms with Gasteiger partial charge in [0.1, 0.15) is 5.82 Å². The fourth-order valence-corrected chi connectivity index (χ4v) is 3.28. The number of anilines is 2. The van der Waals surface area contributed by atoms with Crippen molar-refractivity contribution < 1.29 is 18.0 Å². The van der Waals surface area contributed by atoms with Crippen LogP contribution in [0.25, 0.3) is 5.69 Å². The minimum atomic E-state index is -3.45. The highest BCUT2D eigenvalue weighted by Crippen LogP contribution is 2.25. The lowest BCUT2D eigenvalue weighted by atomic mass is 10.1. The molecule has 2 heterocycles. The van der Waals surface area contributed by atoms with Gasteiger partial charge in [-0.15, -0.1) is 0 Å². The number of nitrogens with two attached hydrogens (primary N) is 1. The number of fused-ring (bicyclic) bond motifs is 1. The Morgan fingerprint density at radius 3 is 2.40 bits per heavy atom. The summed E-state index contributed by atoms with van der Waals surface area (Å²) >= 11 is 0. The van der Waals surface area contributed by atoms with Gasteiger partial charge in [-0.25, -0.2) is 8.42 Å². The van der Waals surface area contributed by atoms with E-state index in [2.05, 4.69) is 10.0 Å².